The van der Waals surface area contributed by atoms with Gasteiger partial charge >= 0.3 is 5.82 Å². The lowest BCUT2D eigenvalue weighted by molar-refractivity contribution is -0.390. The molecule has 0 saturated heterocycles. The maximum Gasteiger partial charge on any atom is 0.347 e. The van der Waals surface area contributed by atoms with Gasteiger partial charge in [0.15, 0.2) is 0 Å². The molecule has 0 amide bonds. The highest BCUT2D eigenvalue weighted by Gasteiger charge is 2.39. The first-order valence-corrected chi connectivity index (χ1v) is 3.62. The first-order valence-electron chi connectivity index (χ1n) is 3.62. The van der Waals surface area contributed by atoms with Gasteiger partial charge in [0.25, 0.3) is 6.43 Å². The molecule has 14 heavy (non-hydrogen) atoms. The number of nitro groups is 1. The zero-order valence-corrected chi connectivity index (χ0v) is 7.20. The average molecular weight is 206 g/mol. The fraction of sp³-hybridized carbons (Fsp3) is 0.500. The quantitative estimate of drug-likeness (QED) is 0.563. The summed E-state index contributed by atoms with van der Waals surface area (Å²) in [6.45, 7) is 1.01. The Kier molecular flexibility index (Phi) is 2.47. The van der Waals surface area contributed by atoms with Crippen molar-refractivity contribution in [2.45, 2.75) is 18.9 Å². The molecule has 0 saturated carbocycles. The van der Waals surface area contributed by atoms with E-state index in [1.807, 2.05) is 5.10 Å². The molecular weight excluding hydrogens is 198 g/mol. The third-order valence-electron chi connectivity index (χ3n) is 1.84. The molecule has 3 N–H and O–H groups in total. The first-order chi connectivity index (χ1) is 6.37. The Hall–Kier alpha value is -1.57. The van der Waals surface area contributed by atoms with Crippen LogP contribution in [0.2, 0.25) is 0 Å². The number of hydrogen-bond acceptors (Lipinski definition) is 4. The molecule has 1 aromatic heterocycles. The van der Waals surface area contributed by atoms with E-state index in [2.05, 4.69) is 5.10 Å². The number of halogens is 2. The highest BCUT2D eigenvalue weighted by atomic mass is 19.3. The van der Waals surface area contributed by atoms with E-state index < -0.39 is 22.7 Å². The Morgan fingerprint density at radius 2 is 2.36 bits per heavy atom. The van der Waals surface area contributed by atoms with E-state index in [0.29, 0.717) is 0 Å². The van der Waals surface area contributed by atoms with Crippen LogP contribution < -0.4 is 5.73 Å². The molecule has 6 nitrogen and oxygen atoms in total. The molecule has 0 aliphatic carbocycles. The topological polar surface area (TPSA) is 97.8 Å². The average Bonchev–Trinajstić information content (AvgIpc) is 2.51. The van der Waals surface area contributed by atoms with Crippen LogP contribution in [0.4, 0.5) is 14.6 Å². The second kappa shape index (κ2) is 3.29. The van der Waals surface area contributed by atoms with Crippen molar-refractivity contribution in [3.63, 3.8) is 0 Å². The summed E-state index contributed by atoms with van der Waals surface area (Å²) in [5.41, 5.74) is 2.87. The lowest BCUT2D eigenvalue weighted by Gasteiger charge is -2.20. The van der Waals surface area contributed by atoms with Crippen LogP contribution in [0.1, 0.15) is 12.5 Å². The summed E-state index contributed by atoms with van der Waals surface area (Å²) in [6.07, 6.45) is -1.97. The minimum absolute atomic E-state index is 0.308. The predicted octanol–water partition coefficient (Wildman–Crippen LogP) is 0.757. The van der Waals surface area contributed by atoms with E-state index in [1.165, 1.54) is 0 Å². The van der Waals surface area contributed by atoms with Crippen molar-refractivity contribution in [2.75, 3.05) is 0 Å². The number of alkyl halides is 2. The van der Waals surface area contributed by atoms with Gasteiger partial charge in [-0.2, -0.15) is 0 Å². The summed E-state index contributed by atoms with van der Waals surface area (Å²) >= 11 is 0. The van der Waals surface area contributed by atoms with E-state index in [-0.39, 0.29) is 5.56 Å². The van der Waals surface area contributed by atoms with Crippen molar-refractivity contribution >= 4 is 5.82 Å². The molecule has 0 radical (unpaired) electrons. The Bertz CT molecular complexity index is 349. The molecule has 0 aromatic carbocycles. The SMILES string of the molecule is CC(N)(c1cn[nH]c1[N+](=O)[O-])C(F)F. The number of hydrogen-bond donors (Lipinski definition) is 2. The Morgan fingerprint density at radius 3 is 2.79 bits per heavy atom. The molecule has 8 heteroatoms. The van der Waals surface area contributed by atoms with Gasteiger partial charge in [-0.25, -0.2) is 8.78 Å². The molecule has 0 aliphatic rings. The summed E-state index contributed by atoms with van der Waals surface area (Å²) in [5.74, 6) is -0.602. The van der Waals surface area contributed by atoms with Gasteiger partial charge in [-0.3, -0.25) is 0 Å². The zero-order chi connectivity index (χ0) is 10.9. The fourth-order valence-corrected chi connectivity index (χ4v) is 0.930. The number of H-pyrrole nitrogens is 1. The lowest BCUT2D eigenvalue weighted by atomic mass is 9.96. The monoisotopic (exact) mass is 206 g/mol. The molecule has 0 bridgehead atoms. The molecule has 1 heterocycles. The van der Waals surface area contributed by atoms with Crippen molar-refractivity contribution in [3.05, 3.63) is 21.9 Å². The second-order valence-corrected chi connectivity index (χ2v) is 2.97. The predicted molar refractivity (Wildman–Crippen MR) is 42.8 cm³/mol. The fourth-order valence-electron chi connectivity index (χ4n) is 0.930. The lowest BCUT2D eigenvalue weighted by Crippen LogP contribution is -2.40. The molecule has 1 atom stereocenters. The smallest absolute Gasteiger partial charge is 0.347 e. The molecule has 78 valence electrons. The Labute approximate surface area is 77.2 Å². The maximum atomic E-state index is 12.4. The van der Waals surface area contributed by atoms with Crippen molar-refractivity contribution in [1.82, 2.24) is 10.2 Å². The van der Waals surface area contributed by atoms with E-state index in [4.69, 9.17) is 5.73 Å². The standard InChI is InChI=1S/C6H8F2N4O2/c1-6(9,5(7)8)3-2-10-11-4(3)12(13)14/h2,5H,9H2,1H3,(H,10,11). The number of nitrogens with one attached hydrogen (secondary N) is 1. The van der Waals surface area contributed by atoms with Gasteiger partial charge in [-0.1, -0.05) is 5.10 Å². The maximum absolute atomic E-state index is 12.4. The normalized spacial score (nSPS) is 15.5. The highest BCUT2D eigenvalue weighted by Crippen LogP contribution is 2.30. The molecule has 1 unspecified atom stereocenters. The van der Waals surface area contributed by atoms with E-state index in [0.717, 1.165) is 13.1 Å². The van der Waals surface area contributed by atoms with E-state index in [1.54, 1.807) is 0 Å². The van der Waals surface area contributed by atoms with Crippen molar-refractivity contribution < 1.29 is 13.7 Å². The summed E-state index contributed by atoms with van der Waals surface area (Å²) in [6, 6.07) is 0. The largest absolute Gasteiger partial charge is 0.358 e. The third-order valence-corrected chi connectivity index (χ3v) is 1.84. The Morgan fingerprint density at radius 1 is 1.79 bits per heavy atom. The summed E-state index contributed by atoms with van der Waals surface area (Å²) in [4.78, 5) is 9.55. The minimum atomic E-state index is -2.90. The third kappa shape index (κ3) is 1.55. The van der Waals surface area contributed by atoms with Gasteiger partial charge < -0.3 is 15.8 Å². The number of nitrogens with zero attached hydrogens (tertiary/aromatic N) is 2. The minimum Gasteiger partial charge on any atom is -0.358 e. The van der Waals surface area contributed by atoms with Gasteiger partial charge in [0.1, 0.15) is 5.54 Å². The van der Waals surface area contributed by atoms with Crippen molar-refractivity contribution in [3.8, 4) is 0 Å². The molecule has 1 aromatic rings. The number of nitrogens with two attached hydrogens (primary N) is 1. The van der Waals surface area contributed by atoms with Crippen LogP contribution in [0.5, 0.6) is 0 Å². The van der Waals surface area contributed by atoms with Crippen LogP contribution >= 0.6 is 0 Å². The highest BCUT2D eigenvalue weighted by molar-refractivity contribution is 5.36. The van der Waals surface area contributed by atoms with Crippen LogP contribution in [-0.2, 0) is 5.54 Å². The van der Waals surface area contributed by atoms with Crippen LogP contribution in [-0.4, -0.2) is 21.5 Å². The van der Waals surface area contributed by atoms with E-state index >= 15 is 0 Å². The van der Waals surface area contributed by atoms with Crippen LogP contribution in [0, 0.1) is 10.1 Å². The second-order valence-electron chi connectivity index (χ2n) is 2.97. The Balaban J connectivity index is 3.18. The summed E-state index contributed by atoms with van der Waals surface area (Å²) < 4.78 is 24.9. The molecule has 0 spiro atoms. The molecule has 0 fully saturated rings. The van der Waals surface area contributed by atoms with Crippen molar-refractivity contribution in [2.24, 2.45) is 5.73 Å². The number of aromatic nitrogens is 2. The van der Waals surface area contributed by atoms with Gasteiger partial charge in [-0.05, 0) is 11.8 Å². The molecular formula is C6H8F2N4O2. The van der Waals surface area contributed by atoms with Crippen molar-refractivity contribution in [1.29, 1.82) is 0 Å². The van der Waals surface area contributed by atoms with Crippen LogP contribution in [0.15, 0.2) is 6.20 Å². The van der Waals surface area contributed by atoms with E-state index in [9.17, 15) is 18.9 Å². The summed E-state index contributed by atoms with van der Waals surface area (Å²) in [5, 5.41) is 15.7. The molecule has 0 aliphatic heterocycles. The van der Waals surface area contributed by atoms with Gasteiger partial charge in [0.05, 0.1) is 11.8 Å². The van der Waals surface area contributed by atoms with Gasteiger partial charge in [-0.15, -0.1) is 5.10 Å². The van der Waals surface area contributed by atoms with Crippen LogP contribution in [0.3, 0.4) is 0 Å². The van der Waals surface area contributed by atoms with Gasteiger partial charge in [0, 0.05) is 0 Å². The van der Waals surface area contributed by atoms with Gasteiger partial charge in [0.2, 0.25) is 0 Å². The van der Waals surface area contributed by atoms with Crippen LogP contribution in [0.25, 0.3) is 0 Å². The number of rotatable bonds is 3. The first kappa shape index (κ1) is 10.5. The number of aromatic amines is 1. The zero-order valence-electron chi connectivity index (χ0n) is 7.20. The molecule has 1 rings (SSSR count). The summed E-state index contributed by atoms with van der Waals surface area (Å²) in [7, 11) is 0.